The first-order valence-electron chi connectivity index (χ1n) is 11.2. The fourth-order valence-electron chi connectivity index (χ4n) is 5.51. The van der Waals surface area contributed by atoms with Crippen LogP contribution in [0.1, 0.15) is 51.0 Å². The molecule has 2 heterocycles. The van der Waals surface area contributed by atoms with Gasteiger partial charge < -0.3 is 20.5 Å². The Balaban J connectivity index is 1.46. The summed E-state index contributed by atoms with van der Waals surface area (Å²) in [6, 6.07) is 8.30. The Labute approximate surface area is 186 Å². The zero-order valence-corrected chi connectivity index (χ0v) is 17.9. The van der Waals surface area contributed by atoms with Crippen LogP contribution in [0, 0.1) is 11.7 Å². The molecule has 2 aromatic heterocycles. The average Bonchev–Trinajstić information content (AvgIpc) is 3.38. The fourth-order valence-corrected chi connectivity index (χ4v) is 5.51. The summed E-state index contributed by atoms with van der Waals surface area (Å²) in [5, 5.41) is 21.0. The monoisotopic (exact) mass is 437 g/mol. The molecule has 2 aliphatic carbocycles. The normalized spacial score (nSPS) is 28.2. The smallest absolute Gasteiger partial charge is 0.220 e. The van der Waals surface area contributed by atoms with E-state index in [1.165, 1.54) is 12.1 Å². The molecule has 0 bridgehead atoms. The molecule has 2 fully saturated rings. The van der Waals surface area contributed by atoms with Crippen LogP contribution in [-0.4, -0.2) is 41.4 Å². The summed E-state index contributed by atoms with van der Waals surface area (Å²) in [6.07, 6.45) is 8.48. The predicted molar refractivity (Wildman–Crippen MR) is 119 cm³/mol. The van der Waals surface area contributed by atoms with Gasteiger partial charge in [0.2, 0.25) is 5.95 Å². The number of hydrogen-bond donors (Lipinski definition) is 3. The van der Waals surface area contributed by atoms with E-state index in [0.717, 1.165) is 42.6 Å². The van der Waals surface area contributed by atoms with Crippen LogP contribution in [0.2, 0.25) is 0 Å². The number of aliphatic hydroxyl groups excluding tert-OH is 1. The van der Waals surface area contributed by atoms with E-state index in [1.807, 2.05) is 12.4 Å². The third kappa shape index (κ3) is 3.89. The Bertz CT molecular complexity index is 1090. The molecular formula is C24H28FN5O2. The first-order valence-corrected chi connectivity index (χ1v) is 11.2. The number of hydrogen-bond acceptors (Lipinski definition) is 6. The molecule has 0 spiro atoms. The topological polar surface area (TPSA) is 110 Å². The van der Waals surface area contributed by atoms with Gasteiger partial charge >= 0.3 is 0 Å². The molecule has 3 aromatic rings. The first-order chi connectivity index (χ1) is 15.4. The molecule has 5 rings (SSSR count). The van der Waals surface area contributed by atoms with Crippen molar-refractivity contribution in [3.8, 4) is 22.6 Å². The number of nitrogen functional groups attached to an aromatic ring is 1. The van der Waals surface area contributed by atoms with E-state index in [9.17, 15) is 14.6 Å². The van der Waals surface area contributed by atoms with Crippen LogP contribution in [0.4, 0.5) is 10.3 Å². The summed E-state index contributed by atoms with van der Waals surface area (Å²) in [7, 11) is 0. The molecule has 7 nitrogen and oxygen atoms in total. The Morgan fingerprint density at radius 3 is 2.44 bits per heavy atom. The van der Waals surface area contributed by atoms with Gasteiger partial charge in [-0.3, -0.25) is 0 Å². The van der Waals surface area contributed by atoms with Crippen LogP contribution in [0.3, 0.4) is 0 Å². The van der Waals surface area contributed by atoms with Crippen LogP contribution in [-0.2, 0) is 0 Å². The van der Waals surface area contributed by atoms with E-state index >= 15 is 0 Å². The van der Waals surface area contributed by atoms with E-state index in [0.29, 0.717) is 25.0 Å². The zero-order chi connectivity index (χ0) is 22.3. The van der Waals surface area contributed by atoms with Gasteiger partial charge in [-0.15, -0.1) is 0 Å². The minimum absolute atomic E-state index is 0.186. The number of aliphatic hydroxyl groups is 2. The zero-order valence-electron chi connectivity index (χ0n) is 17.9. The van der Waals surface area contributed by atoms with Crippen molar-refractivity contribution >= 4 is 5.95 Å². The van der Waals surface area contributed by atoms with E-state index in [1.54, 1.807) is 18.3 Å². The lowest BCUT2D eigenvalue weighted by Crippen LogP contribution is -2.38. The number of nitrogens with zero attached hydrogens (tertiary/aromatic N) is 4. The van der Waals surface area contributed by atoms with Crippen LogP contribution < -0.4 is 5.73 Å². The van der Waals surface area contributed by atoms with Crippen molar-refractivity contribution in [3.63, 3.8) is 0 Å². The number of benzene rings is 1. The summed E-state index contributed by atoms with van der Waals surface area (Å²) < 4.78 is 15.6. The molecule has 32 heavy (non-hydrogen) atoms. The molecule has 8 heteroatoms. The maximum absolute atomic E-state index is 13.5. The molecule has 0 radical (unpaired) electrons. The minimum Gasteiger partial charge on any atom is -0.393 e. The summed E-state index contributed by atoms with van der Waals surface area (Å²) in [6.45, 7) is 0. The average molecular weight is 438 g/mol. The van der Waals surface area contributed by atoms with Crippen molar-refractivity contribution in [2.75, 3.05) is 5.73 Å². The molecule has 0 amide bonds. The van der Waals surface area contributed by atoms with Gasteiger partial charge in [-0.05, 0) is 74.8 Å². The largest absolute Gasteiger partial charge is 0.393 e. The highest BCUT2D eigenvalue weighted by molar-refractivity contribution is 5.77. The van der Waals surface area contributed by atoms with Crippen LogP contribution >= 0.6 is 0 Å². The van der Waals surface area contributed by atoms with Gasteiger partial charge in [0.05, 0.1) is 35.1 Å². The quantitative estimate of drug-likeness (QED) is 0.574. The molecule has 2 saturated carbocycles. The molecular weight excluding hydrogens is 409 g/mol. The third-order valence-corrected chi connectivity index (χ3v) is 7.18. The maximum atomic E-state index is 13.5. The van der Waals surface area contributed by atoms with Crippen LogP contribution in [0.15, 0.2) is 42.9 Å². The highest BCUT2D eigenvalue weighted by Crippen LogP contribution is 2.46. The highest BCUT2D eigenvalue weighted by atomic mass is 19.1. The molecule has 0 saturated heterocycles. The standard InChI is InChI=1S/C24H28FN5O2/c25-17-5-1-15(2-6-17)21-22(20-10-12-27-23(26)29-20)30(14-28-21)18-7-3-16(4-8-18)24(32)11-9-19(31)13-24/h1-2,5-6,10,12,14,16,18-19,31-32H,3-4,7-9,11,13H2,(H2,26,27,29). The van der Waals surface area contributed by atoms with Crippen molar-refractivity contribution in [2.45, 2.75) is 62.7 Å². The summed E-state index contributed by atoms with van der Waals surface area (Å²) in [4.78, 5) is 13.1. The molecule has 1 aromatic carbocycles. The van der Waals surface area contributed by atoms with Crippen molar-refractivity contribution in [3.05, 3.63) is 48.7 Å². The second kappa shape index (κ2) is 8.26. The maximum Gasteiger partial charge on any atom is 0.220 e. The number of imidazole rings is 1. The second-order valence-corrected chi connectivity index (χ2v) is 9.16. The van der Waals surface area contributed by atoms with Gasteiger partial charge in [0.25, 0.3) is 0 Å². The summed E-state index contributed by atoms with van der Waals surface area (Å²) in [5.41, 5.74) is 8.16. The molecule has 0 aliphatic heterocycles. The third-order valence-electron chi connectivity index (χ3n) is 7.18. The lowest BCUT2D eigenvalue weighted by Gasteiger charge is -2.38. The number of anilines is 1. The molecule has 4 N–H and O–H groups in total. The van der Waals surface area contributed by atoms with Gasteiger partial charge in [-0.25, -0.2) is 19.3 Å². The Morgan fingerprint density at radius 1 is 1.03 bits per heavy atom. The van der Waals surface area contributed by atoms with Crippen LogP contribution in [0.25, 0.3) is 22.6 Å². The first kappa shape index (κ1) is 21.0. The molecule has 2 atom stereocenters. The number of rotatable bonds is 4. The predicted octanol–water partition coefficient (Wildman–Crippen LogP) is 3.74. The Morgan fingerprint density at radius 2 is 1.78 bits per heavy atom. The highest BCUT2D eigenvalue weighted by Gasteiger charge is 2.44. The molecule has 2 aliphatic rings. The van der Waals surface area contributed by atoms with Gasteiger partial charge in [-0.2, -0.15) is 0 Å². The van der Waals surface area contributed by atoms with Gasteiger partial charge in [0, 0.05) is 24.2 Å². The van der Waals surface area contributed by atoms with Crippen molar-refractivity contribution < 1.29 is 14.6 Å². The van der Waals surface area contributed by atoms with Gasteiger partial charge in [-0.1, -0.05) is 0 Å². The SMILES string of the molecule is Nc1nccc(-c2c(-c3ccc(F)cc3)ncn2C2CCC(C3(O)CCC(O)C3)CC2)n1. The van der Waals surface area contributed by atoms with Crippen molar-refractivity contribution in [1.82, 2.24) is 19.5 Å². The van der Waals surface area contributed by atoms with Crippen LogP contribution in [0.5, 0.6) is 0 Å². The Hall–Kier alpha value is -2.84. The molecule has 168 valence electrons. The molecule has 2 unspecified atom stereocenters. The van der Waals surface area contributed by atoms with E-state index in [4.69, 9.17) is 5.73 Å². The fraction of sp³-hybridized carbons (Fsp3) is 0.458. The lowest BCUT2D eigenvalue weighted by molar-refractivity contribution is -0.0398. The van der Waals surface area contributed by atoms with Crippen molar-refractivity contribution in [2.24, 2.45) is 5.92 Å². The Kier molecular flexibility index (Phi) is 5.43. The number of halogens is 1. The number of aromatic nitrogens is 4. The number of nitrogens with two attached hydrogens (primary N) is 1. The van der Waals surface area contributed by atoms with Gasteiger partial charge in [0.15, 0.2) is 0 Å². The minimum atomic E-state index is -0.747. The van der Waals surface area contributed by atoms with Gasteiger partial charge in [0.1, 0.15) is 5.82 Å². The summed E-state index contributed by atoms with van der Waals surface area (Å²) >= 11 is 0. The van der Waals surface area contributed by atoms with E-state index < -0.39 is 5.60 Å². The lowest BCUT2D eigenvalue weighted by atomic mass is 9.74. The van der Waals surface area contributed by atoms with Crippen molar-refractivity contribution in [1.29, 1.82) is 0 Å². The summed E-state index contributed by atoms with van der Waals surface area (Å²) in [5.74, 6) is 0.0921. The van der Waals surface area contributed by atoms with E-state index in [2.05, 4.69) is 19.5 Å². The van der Waals surface area contributed by atoms with E-state index in [-0.39, 0.29) is 29.8 Å². The second-order valence-electron chi connectivity index (χ2n) is 9.16.